The Morgan fingerprint density at radius 2 is 1.79 bits per heavy atom. The van der Waals surface area contributed by atoms with Gasteiger partial charge in [-0.1, -0.05) is 18.2 Å². The summed E-state index contributed by atoms with van der Waals surface area (Å²) in [5.41, 5.74) is 1.91. The van der Waals surface area contributed by atoms with Gasteiger partial charge in [-0.15, -0.1) is 12.4 Å². The minimum atomic E-state index is -4.59. The van der Waals surface area contributed by atoms with E-state index in [2.05, 4.69) is 4.90 Å². The van der Waals surface area contributed by atoms with Gasteiger partial charge in [-0.05, 0) is 29.8 Å². The summed E-state index contributed by atoms with van der Waals surface area (Å²) >= 11 is 0. The van der Waals surface area contributed by atoms with E-state index in [1.165, 1.54) is 11.0 Å². The summed E-state index contributed by atoms with van der Waals surface area (Å²) in [6, 6.07) is 13.2. The molecule has 1 aromatic heterocycles. The van der Waals surface area contributed by atoms with Gasteiger partial charge in [0.25, 0.3) is 0 Å². The van der Waals surface area contributed by atoms with E-state index in [1.807, 2.05) is 31.3 Å². The number of anilines is 2. The van der Waals surface area contributed by atoms with Crippen LogP contribution >= 0.6 is 12.4 Å². The van der Waals surface area contributed by atoms with Crippen LogP contribution in [0.3, 0.4) is 0 Å². The molecule has 0 aliphatic carbocycles. The van der Waals surface area contributed by atoms with Crippen LogP contribution in [0.5, 0.6) is 11.5 Å². The molecule has 1 amide bonds. The monoisotopic (exact) mass is 492 g/mol. The van der Waals surface area contributed by atoms with Gasteiger partial charge in [-0.3, -0.25) is 4.79 Å². The third-order valence-corrected chi connectivity index (χ3v) is 6.58. The molecule has 3 aromatic rings. The largest absolute Gasteiger partial charge is 0.491 e. The van der Waals surface area contributed by atoms with Crippen LogP contribution in [0.1, 0.15) is 22.6 Å². The summed E-state index contributed by atoms with van der Waals surface area (Å²) in [5, 5.41) is 0. The summed E-state index contributed by atoms with van der Waals surface area (Å²) < 4.78 is 55.8. The minimum Gasteiger partial charge on any atom is -0.491 e. The standard InChI is InChI=1S/C24H19F3N2O4.ClH/c1-28-8-9-31-20-11-19-16(10-18(20)28)23(13-32-19)15-4-2-3-5-17(15)29(22(23)30)12-14-6-7-21(33-14)24(25,26)27;/h2-7,10-11H,8-9,12-13H2,1H3;1H. The van der Waals surface area contributed by atoms with E-state index < -0.39 is 17.4 Å². The zero-order valence-corrected chi connectivity index (χ0v) is 18.8. The van der Waals surface area contributed by atoms with Crippen molar-refractivity contribution in [1.29, 1.82) is 0 Å². The van der Waals surface area contributed by atoms with Crippen molar-refractivity contribution in [2.45, 2.75) is 18.1 Å². The number of rotatable bonds is 2. The number of amides is 1. The van der Waals surface area contributed by atoms with Gasteiger partial charge < -0.3 is 23.7 Å². The molecule has 0 saturated heterocycles. The van der Waals surface area contributed by atoms with Gasteiger partial charge >= 0.3 is 6.18 Å². The highest BCUT2D eigenvalue weighted by molar-refractivity contribution is 6.11. The first-order chi connectivity index (χ1) is 15.8. The van der Waals surface area contributed by atoms with E-state index >= 15 is 0 Å². The average molecular weight is 493 g/mol. The number of ether oxygens (including phenoxy) is 2. The van der Waals surface area contributed by atoms with E-state index in [0.29, 0.717) is 23.8 Å². The zero-order valence-electron chi connectivity index (χ0n) is 18.0. The van der Waals surface area contributed by atoms with Crippen LogP contribution in [0, 0.1) is 0 Å². The fourth-order valence-electron chi connectivity index (χ4n) is 4.95. The second-order valence-corrected chi connectivity index (χ2v) is 8.45. The molecule has 3 aliphatic rings. The Hall–Kier alpha value is -3.33. The molecule has 4 heterocycles. The highest BCUT2D eigenvalue weighted by Crippen LogP contribution is 2.55. The van der Waals surface area contributed by atoms with Crippen LogP contribution in [0.15, 0.2) is 52.9 Å². The Morgan fingerprint density at radius 1 is 1.00 bits per heavy atom. The number of hydrogen-bond acceptors (Lipinski definition) is 5. The smallest absolute Gasteiger partial charge is 0.449 e. The van der Waals surface area contributed by atoms with Gasteiger partial charge in [0.2, 0.25) is 11.7 Å². The predicted molar refractivity (Wildman–Crippen MR) is 120 cm³/mol. The average Bonchev–Trinajstić information content (AvgIpc) is 3.47. The first-order valence-corrected chi connectivity index (χ1v) is 10.5. The molecule has 6 rings (SSSR count). The molecule has 1 unspecified atom stereocenters. The number of benzene rings is 2. The maximum absolute atomic E-state index is 13.9. The second-order valence-electron chi connectivity index (χ2n) is 8.45. The third kappa shape index (κ3) is 3.06. The van der Waals surface area contributed by atoms with Crippen molar-refractivity contribution in [3.63, 3.8) is 0 Å². The first-order valence-electron chi connectivity index (χ1n) is 10.5. The predicted octanol–water partition coefficient (Wildman–Crippen LogP) is 4.77. The summed E-state index contributed by atoms with van der Waals surface area (Å²) in [6.45, 7) is 1.27. The molecular weight excluding hydrogens is 473 g/mol. The molecule has 1 spiro atoms. The molecule has 6 nitrogen and oxygen atoms in total. The topological polar surface area (TPSA) is 55.2 Å². The summed E-state index contributed by atoms with van der Waals surface area (Å²) in [7, 11) is 1.96. The number of para-hydroxylation sites is 1. The lowest BCUT2D eigenvalue weighted by molar-refractivity contribution is -0.153. The van der Waals surface area contributed by atoms with Crippen LogP contribution in [0.4, 0.5) is 24.5 Å². The Labute approximate surface area is 199 Å². The number of carbonyl (C=O) groups is 1. The van der Waals surface area contributed by atoms with Crippen molar-refractivity contribution >= 4 is 29.7 Å². The van der Waals surface area contributed by atoms with Gasteiger partial charge in [0.15, 0.2) is 0 Å². The molecule has 1 atom stereocenters. The van der Waals surface area contributed by atoms with Crippen LogP contribution < -0.4 is 19.3 Å². The maximum Gasteiger partial charge on any atom is 0.449 e. The lowest BCUT2D eigenvalue weighted by atomic mass is 9.77. The quantitative estimate of drug-likeness (QED) is 0.515. The SMILES string of the molecule is CN1CCOc2cc3c(cc21)C1(CO3)C(=O)N(Cc2ccc(C(F)(F)F)o2)c2ccccc21.Cl. The lowest BCUT2D eigenvalue weighted by Crippen LogP contribution is -2.42. The molecule has 34 heavy (non-hydrogen) atoms. The third-order valence-electron chi connectivity index (χ3n) is 6.58. The Kier molecular flexibility index (Phi) is 5.02. The number of nitrogens with zero attached hydrogens (tertiary/aromatic N) is 2. The number of fused-ring (bicyclic) bond motifs is 5. The van der Waals surface area contributed by atoms with Crippen molar-refractivity contribution < 1.29 is 31.9 Å². The lowest BCUT2D eigenvalue weighted by Gasteiger charge is -2.29. The number of alkyl halides is 3. The summed E-state index contributed by atoms with van der Waals surface area (Å²) in [5.74, 6) is -0.0138. The fraction of sp³-hybridized carbons (Fsp3) is 0.292. The van der Waals surface area contributed by atoms with Crippen molar-refractivity contribution in [1.82, 2.24) is 0 Å². The van der Waals surface area contributed by atoms with Gasteiger partial charge in [0.05, 0.1) is 18.8 Å². The van der Waals surface area contributed by atoms with E-state index in [1.54, 1.807) is 12.1 Å². The maximum atomic E-state index is 13.9. The fourth-order valence-corrected chi connectivity index (χ4v) is 4.95. The van der Waals surface area contributed by atoms with Crippen LogP contribution in [0.2, 0.25) is 0 Å². The Balaban J connectivity index is 0.00000241. The Morgan fingerprint density at radius 3 is 2.56 bits per heavy atom. The Bertz CT molecular complexity index is 1290. The summed E-state index contributed by atoms with van der Waals surface area (Å²) in [4.78, 5) is 17.5. The molecular formula is C24H20ClF3N2O4. The molecule has 0 radical (unpaired) electrons. The number of halogens is 4. The molecule has 0 bridgehead atoms. The van der Waals surface area contributed by atoms with Gasteiger partial charge in [0.1, 0.15) is 35.9 Å². The highest BCUT2D eigenvalue weighted by atomic mass is 35.5. The van der Waals surface area contributed by atoms with E-state index in [0.717, 1.165) is 29.4 Å². The molecule has 0 N–H and O–H groups in total. The van der Waals surface area contributed by atoms with Crippen molar-refractivity contribution in [3.8, 4) is 11.5 Å². The van der Waals surface area contributed by atoms with Crippen LogP contribution in [-0.4, -0.2) is 32.7 Å². The van der Waals surface area contributed by atoms with Crippen LogP contribution in [-0.2, 0) is 22.9 Å². The van der Waals surface area contributed by atoms with E-state index in [4.69, 9.17) is 13.9 Å². The molecule has 10 heteroatoms. The van der Waals surface area contributed by atoms with Gasteiger partial charge in [0, 0.05) is 24.4 Å². The molecule has 2 aromatic carbocycles. The highest BCUT2D eigenvalue weighted by Gasteiger charge is 2.57. The molecule has 0 fully saturated rings. The number of hydrogen-bond donors (Lipinski definition) is 0. The van der Waals surface area contributed by atoms with Crippen molar-refractivity contribution in [2.24, 2.45) is 0 Å². The van der Waals surface area contributed by atoms with Crippen molar-refractivity contribution in [2.75, 3.05) is 36.6 Å². The second kappa shape index (κ2) is 7.59. The van der Waals surface area contributed by atoms with Crippen molar-refractivity contribution in [3.05, 3.63) is 71.2 Å². The van der Waals surface area contributed by atoms with Gasteiger partial charge in [-0.2, -0.15) is 13.2 Å². The van der Waals surface area contributed by atoms with E-state index in [9.17, 15) is 18.0 Å². The number of carbonyl (C=O) groups excluding carboxylic acids is 1. The first kappa shape index (κ1) is 22.5. The molecule has 178 valence electrons. The van der Waals surface area contributed by atoms with Gasteiger partial charge in [-0.25, -0.2) is 0 Å². The zero-order chi connectivity index (χ0) is 23.0. The normalized spacial score (nSPS) is 20.4. The van der Waals surface area contributed by atoms with Crippen LogP contribution in [0.25, 0.3) is 0 Å². The minimum absolute atomic E-state index is 0. The number of likely N-dealkylation sites (N-methyl/N-ethyl adjacent to an activating group) is 1. The molecule has 3 aliphatic heterocycles. The van der Waals surface area contributed by atoms with E-state index in [-0.39, 0.29) is 37.2 Å². The number of furan rings is 1. The summed E-state index contributed by atoms with van der Waals surface area (Å²) in [6.07, 6.45) is -4.59. The molecule has 0 saturated carbocycles.